The van der Waals surface area contributed by atoms with Gasteiger partial charge in [-0.3, -0.25) is 4.79 Å². The summed E-state index contributed by atoms with van der Waals surface area (Å²) >= 11 is 0. The summed E-state index contributed by atoms with van der Waals surface area (Å²) in [5, 5.41) is 4.16. The number of aromatic nitrogens is 3. The molecule has 1 aromatic rings. The van der Waals surface area contributed by atoms with E-state index in [0.29, 0.717) is 19.8 Å². The normalized spacial score (nSPS) is 20.9. The first-order chi connectivity index (χ1) is 9.72. The highest BCUT2D eigenvalue weighted by molar-refractivity contribution is 5.80. The molecule has 0 bridgehead atoms. The predicted molar refractivity (Wildman–Crippen MR) is 72.2 cm³/mol. The Bertz CT molecular complexity index is 410. The Balaban J connectivity index is 1.86. The minimum atomic E-state index is -0.431. The van der Waals surface area contributed by atoms with Crippen molar-refractivity contribution in [2.45, 2.75) is 31.9 Å². The molecule has 0 aliphatic carbocycles. The summed E-state index contributed by atoms with van der Waals surface area (Å²) in [5.41, 5.74) is 0. The van der Waals surface area contributed by atoms with Gasteiger partial charge in [-0.2, -0.15) is 5.10 Å². The van der Waals surface area contributed by atoms with Crippen molar-refractivity contribution in [1.82, 2.24) is 19.7 Å². The van der Waals surface area contributed by atoms with Crippen molar-refractivity contribution in [1.29, 1.82) is 0 Å². The number of hydrogen-bond donors (Lipinski definition) is 0. The number of carbonyl (C=O) groups excluding carboxylic acids is 1. The maximum absolute atomic E-state index is 12.3. The summed E-state index contributed by atoms with van der Waals surface area (Å²) in [4.78, 5) is 18.1. The van der Waals surface area contributed by atoms with Crippen LogP contribution in [0.2, 0.25) is 0 Å². The van der Waals surface area contributed by atoms with E-state index in [9.17, 15) is 4.79 Å². The van der Waals surface area contributed by atoms with Crippen molar-refractivity contribution in [3.63, 3.8) is 0 Å². The summed E-state index contributed by atoms with van der Waals surface area (Å²) in [7, 11) is 1.61. The molecule has 1 aliphatic heterocycles. The lowest BCUT2D eigenvalue weighted by atomic mass is 10.1. The molecule has 1 saturated heterocycles. The van der Waals surface area contributed by atoms with Crippen LogP contribution in [0.25, 0.3) is 0 Å². The summed E-state index contributed by atoms with van der Waals surface area (Å²) in [5.74, 6) is 0.0333. The topological polar surface area (TPSA) is 69.5 Å². The Morgan fingerprint density at radius 1 is 1.50 bits per heavy atom. The number of rotatable bonds is 6. The van der Waals surface area contributed by atoms with Crippen LogP contribution in [0.15, 0.2) is 12.7 Å². The van der Waals surface area contributed by atoms with E-state index in [1.807, 2.05) is 9.58 Å². The van der Waals surface area contributed by atoms with Gasteiger partial charge in [-0.1, -0.05) is 0 Å². The van der Waals surface area contributed by atoms with E-state index in [-0.39, 0.29) is 11.9 Å². The molecule has 1 aromatic heterocycles. The zero-order valence-electron chi connectivity index (χ0n) is 12.1. The number of amides is 1. The van der Waals surface area contributed by atoms with Gasteiger partial charge in [0.25, 0.3) is 5.91 Å². The standard InChI is InChI=1S/C13H22N4O3/c1-11(20-7-6-19-2)13(18)16-5-3-4-12(8-16)17-10-14-9-15-17/h9-12H,3-8H2,1-2H3/t11-,12-/m0/s1. The van der Waals surface area contributed by atoms with E-state index < -0.39 is 6.10 Å². The Labute approximate surface area is 118 Å². The monoisotopic (exact) mass is 282 g/mol. The van der Waals surface area contributed by atoms with Gasteiger partial charge >= 0.3 is 0 Å². The van der Waals surface area contributed by atoms with E-state index in [1.165, 1.54) is 6.33 Å². The molecule has 0 saturated carbocycles. The van der Waals surface area contributed by atoms with Crippen LogP contribution in [0, 0.1) is 0 Å². The molecule has 2 rings (SSSR count). The van der Waals surface area contributed by atoms with Crippen LogP contribution < -0.4 is 0 Å². The Morgan fingerprint density at radius 3 is 3.05 bits per heavy atom. The number of hydrogen-bond acceptors (Lipinski definition) is 5. The molecular formula is C13H22N4O3. The first-order valence-corrected chi connectivity index (χ1v) is 6.96. The Hall–Kier alpha value is -1.47. The van der Waals surface area contributed by atoms with Crippen molar-refractivity contribution >= 4 is 5.91 Å². The molecule has 0 spiro atoms. The highest BCUT2D eigenvalue weighted by Crippen LogP contribution is 2.21. The van der Waals surface area contributed by atoms with Gasteiger partial charge in [0.2, 0.25) is 0 Å². The third-order valence-corrected chi connectivity index (χ3v) is 3.52. The molecule has 0 unspecified atom stereocenters. The third kappa shape index (κ3) is 3.77. The highest BCUT2D eigenvalue weighted by atomic mass is 16.5. The van der Waals surface area contributed by atoms with Gasteiger partial charge in [0.15, 0.2) is 0 Å². The van der Waals surface area contributed by atoms with Gasteiger partial charge in [-0.05, 0) is 19.8 Å². The lowest BCUT2D eigenvalue weighted by Crippen LogP contribution is -2.45. The molecule has 0 radical (unpaired) electrons. The maximum Gasteiger partial charge on any atom is 0.251 e. The quantitative estimate of drug-likeness (QED) is 0.710. The smallest absolute Gasteiger partial charge is 0.251 e. The fourth-order valence-corrected chi connectivity index (χ4v) is 2.41. The average molecular weight is 282 g/mol. The van der Waals surface area contributed by atoms with Crippen LogP contribution in [-0.4, -0.2) is 65.1 Å². The van der Waals surface area contributed by atoms with Gasteiger partial charge in [-0.15, -0.1) is 0 Å². The molecule has 2 atom stereocenters. The maximum atomic E-state index is 12.3. The molecule has 1 amide bonds. The fourth-order valence-electron chi connectivity index (χ4n) is 2.41. The summed E-state index contributed by atoms with van der Waals surface area (Å²) in [6, 6.07) is 0.210. The lowest BCUT2D eigenvalue weighted by molar-refractivity contribution is -0.145. The SMILES string of the molecule is COCCO[C@@H](C)C(=O)N1CCC[C@H](n2cncn2)C1. The van der Waals surface area contributed by atoms with Gasteiger partial charge in [0.05, 0.1) is 19.3 Å². The molecule has 0 aromatic carbocycles. The predicted octanol–water partition coefficient (Wildman–Crippen LogP) is 0.493. The van der Waals surface area contributed by atoms with Crippen molar-refractivity contribution in [3.05, 3.63) is 12.7 Å². The first kappa shape index (κ1) is 14.9. The molecular weight excluding hydrogens is 260 g/mol. The van der Waals surface area contributed by atoms with Crippen LogP contribution in [0.1, 0.15) is 25.8 Å². The Morgan fingerprint density at radius 2 is 2.35 bits per heavy atom. The number of nitrogens with zero attached hydrogens (tertiary/aromatic N) is 4. The molecule has 7 nitrogen and oxygen atoms in total. The fraction of sp³-hybridized carbons (Fsp3) is 0.769. The Kier molecular flexibility index (Phi) is 5.49. The summed E-state index contributed by atoms with van der Waals surface area (Å²) in [6.45, 7) is 4.17. The van der Waals surface area contributed by atoms with Crippen LogP contribution >= 0.6 is 0 Å². The van der Waals surface area contributed by atoms with Crippen LogP contribution in [-0.2, 0) is 14.3 Å². The van der Waals surface area contributed by atoms with Crippen LogP contribution in [0.3, 0.4) is 0 Å². The van der Waals surface area contributed by atoms with Crippen LogP contribution in [0.4, 0.5) is 0 Å². The van der Waals surface area contributed by atoms with Gasteiger partial charge < -0.3 is 14.4 Å². The average Bonchev–Trinajstić information content (AvgIpc) is 3.01. The number of methoxy groups -OCH3 is 1. The van der Waals surface area contributed by atoms with Crippen molar-refractivity contribution in [2.24, 2.45) is 0 Å². The van der Waals surface area contributed by atoms with Crippen molar-refractivity contribution in [3.8, 4) is 0 Å². The van der Waals surface area contributed by atoms with Gasteiger partial charge in [-0.25, -0.2) is 9.67 Å². The van der Waals surface area contributed by atoms with E-state index in [1.54, 1.807) is 20.4 Å². The molecule has 0 N–H and O–H groups in total. The van der Waals surface area contributed by atoms with Crippen molar-refractivity contribution < 1.29 is 14.3 Å². The third-order valence-electron chi connectivity index (χ3n) is 3.52. The van der Waals surface area contributed by atoms with Crippen LogP contribution in [0.5, 0.6) is 0 Å². The summed E-state index contributed by atoms with van der Waals surface area (Å²) in [6.07, 6.45) is 4.79. The molecule has 112 valence electrons. The minimum absolute atomic E-state index is 0.0333. The second-order valence-electron chi connectivity index (χ2n) is 4.96. The second-order valence-corrected chi connectivity index (χ2v) is 4.96. The molecule has 1 aliphatic rings. The van der Waals surface area contributed by atoms with E-state index in [0.717, 1.165) is 19.4 Å². The van der Waals surface area contributed by atoms with Gasteiger partial charge in [0, 0.05) is 20.2 Å². The zero-order valence-corrected chi connectivity index (χ0v) is 12.1. The largest absolute Gasteiger partial charge is 0.382 e. The molecule has 20 heavy (non-hydrogen) atoms. The van der Waals surface area contributed by atoms with E-state index >= 15 is 0 Å². The molecule has 2 heterocycles. The van der Waals surface area contributed by atoms with E-state index in [4.69, 9.17) is 9.47 Å². The van der Waals surface area contributed by atoms with E-state index in [2.05, 4.69) is 10.1 Å². The molecule has 7 heteroatoms. The first-order valence-electron chi connectivity index (χ1n) is 6.96. The minimum Gasteiger partial charge on any atom is -0.382 e. The number of carbonyl (C=O) groups is 1. The highest BCUT2D eigenvalue weighted by Gasteiger charge is 2.28. The number of ether oxygens (including phenoxy) is 2. The second kappa shape index (κ2) is 7.35. The van der Waals surface area contributed by atoms with Gasteiger partial charge in [0.1, 0.15) is 18.8 Å². The molecule has 1 fully saturated rings. The lowest BCUT2D eigenvalue weighted by Gasteiger charge is -2.34. The number of piperidine rings is 1. The number of likely N-dealkylation sites (tertiary alicyclic amines) is 1. The van der Waals surface area contributed by atoms with Crippen molar-refractivity contribution in [2.75, 3.05) is 33.4 Å². The zero-order chi connectivity index (χ0) is 14.4. The summed E-state index contributed by atoms with van der Waals surface area (Å²) < 4.78 is 12.2.